The number of hydrogen-bond donors (Lipinski definition) is 4. The van der Waals surface area contributed by atoms with Gasteiger partial charge < -0.3 is 39.4 Å². The Morgan fingerprint density at radius 3 is 1.40 bits per heavy atom. The molecule has 6 atom stereocenters. The third kappa shape index (κ3) is 17.9. The Morgan fingerprint density at radius 1 is 0.688 bits per heavy atom. The number of ether oxygens (including phenoxy) is 4. The van der Waals surface area contributed by atoms with E-state index >= 15 is 0 Å². The fourth-order valence-corrected chi connectivity index (χ4v) is 9.85. The van der Waals surface area contributed by atoms with Crippen LogP contribution < -0.4 is 10.8 Å². The predicted octanol–water partition coefficient (Wildman–Crippen LogP) is 9.60. The van der Waals surface area contributed by atoms with E-state index in [9.17, 15) is 51.5 Å². The minimum atomic E-state index is -3.26. The van der Waals surface area contributed by atoms with E-state index in [1.54, 1.807) is 115 Å². The van der Waals surface area contributed by atoms with Crippen LogP contribution in [-0.2, 0) is 23.7 Å². The van der Waals surface area contributed by atoms with Crippen LogP contribution in [0.15, 0.2) is 93.2 Å². The number of halogens is 6. The summed E-state index contributed by atoms with van der Waals surface area (Å²) in [6, 6.07) is 17.2. The molecule has 0 aliphatic carbocycles. The molecule has 0 bridgehead atoms. The molecular weight excluding hydrogens is 1180 g/mol. The fourth-order valence-electron chi connectivity index (χ4n) is 8.11. The lowest BCUT2D eigenvalue weighted by molar-refractivity contribution is -0.133. The average Bonchev–Trinajstić information content (AvgIpc) is 4.47. The molecule has 29 heteroatoms. The highest BCUT2D eigenvalue weighted by Crippen LogP contribution is 2.44. The summed E-state index contributed by atoms with van der Waals surface area (Å²) in [7, 11) is -1.58. The molecule has 3 aromatic heterocycles. The van der Waals surface area contributed by atoms with Gasteiger partial charge in [0.15, 0.2) is 3.92 Å². The van der Waals surface area contributed by atoms with E-state index in [0.717, 1.165) is 25.6 Å². The van der Waals surface area contributed by atoms with Crippen LogP contribution in [0.1, 0.15) is 104 Å². The number of amides is 3. The fraction of sp³-hybridized carbons (Fsp3) is 0.471. The van der Waals surface area contributed by atoms with Crippen LogP contribution in [-0.4, -0.2) is 148 Å². The summed E-state index contributed by atoms with van der Waals surface area (Å²) >= 11 is 7.37. The van der Waals surface area contributed by atoms with E-state index in [-0.39, 0.29) is 0 Å². The van der Waals surface area contributed by atoms with E-state index in [0.29, 0.717) is 21.6 Å². The Labute approximate surface area is 480 Å². The molecule has 3 amide bonds. The standard InChI is InChI=1S/C19H24FN3O3S.C17H25BFNO5.C13H12F3N3O2S.C2HBrN2S/c1-18(2,3)26-17(24)23-14(10-20)15(25-19(23,4)5)12-6-8-13(9-7-12)16-22-21-11-27-16;1-16(2,3)25-15(21)20-13(10-19)14(24-17(20,4)5)11-6-8-12(9-7-11)18(22)23;14-5-9(18-12(21)11(15)16)10(20)7-1-3-8(4-2-7)13-19-17-6-22-13;3-2-5-4-1-6-2/h6-9,11,14-15H,10H2,1-5H3;6-9,13-14,22-23H,10H2,1-5H3;1-4,6,9-11,20H,5H2,(H,18,21);1H/t14-,15-;13-,14-;9-,10-;/m111./s1. The number of aromatic nitrogens is 6. The Balaban J connectivity index is 0.000000210. The van der Waals surface area contributed by atoms with Crippen molar-refractivity contribution >= 4 is 80.6 Å². The molecule has 2 aliphatic rings. The Morgan fingerprint density at radius 2 is 1.09 bits per heavy atom. The van der Waals surface area contributed by atoms with Crippen LogP contribution in [0, 0.1) is 0 Å². The molecule has 0 unspecified atom stereocenters. The topological polar surface area (TPSA) is 245 Å². The summed E-state index contributed by atoms with van der Waals surface area (Å²) in [6.07, 6.45) is -7.18. The van der Waals surface area contributed by atoms with Gasteiger partial charge in [-0.25, -0.2) is 22.8 Å². The zero-order valence-electron chi connectivity index (χ0n) is 45.2. The van der Waals surface area contributed by atoms with Crippen molar-refractivity contribution in [2.75, 3.05) is 20.0 Å². The van der Waals surface area contributed by atoms with Gasteiger partial charge in [0.25, 0.3) is 5.91 Å². The quantitative estimate of drug-likeness (QED) is 0.0658. The number of aliphatic hydroxyl groups is 1. The number of carbonyl (C=O) groups excluding carboxylic acids is 3. The second-order valence-electron chi connectivity index (χ2n) is 20.6. The van der Waals surface area contributed by atoms with Gasteiger partial charge in [-0.15, -0.1) is 30.6 Å². The first-order valence-electron chi connectivity index (χ1n) is 24.5. The zero-order valence-corrected chi connectivity index (χ0v) is 49.2. The molecule has 2 saturated heterocycles. The molecule has 8 rings (SSSR count). The highest BCUT2D eigenvalue weighted by atomic mass is 79.9. The van der Waals surface area contributed by atoms with Gasteiger partial charge in [-0.1, -0.05) is 107 Å². The van der Waals surface area contributed by atoms with Gasteiger partial charge in [0.05, 0.1) is 18.1 Å². The molecule has 19 nitrogen and oxygen atoms in total. The van der Waals surface area contributed by atoms with Gasteiger partial charge >= 0.3 is 25.7 Å². The minimum Gasteiger partial charge on any atom is -0.444 e. The summed E-state index contributed by atoms with van der Waals surface area (Å²) in [4.78, 5) is 38.8. The summed E-state index contributed by atoms with van der Waals surface area (Å²) < 4.78 is 88.8. The molecule has 5 heterocycles. The molecule has 0 spiro atoms. The van der Waals surface area contributed by atoms with Crippen LogP contribution in [0.2, 0.25) is 0 Å². The summed E-state index contributed by atoms with van der Waals surface area (Å²) in [6.45, 7) is 14.7. The van der Waals surface area contributed by atoms with Crippen LogP contribution in [0.3, 0.4) is 0 Å². The Bertz CT molecular complexity index is 2860. The normalized spacial score (nSPS) is 19.1. The number of nitrogens with one attached hydrogen (secondary N) is 1. The van der Waals surface area contributed by atoms with Gasteiger partial charge in [-0.2, -0.15) is 8.78 Å². The van der Waals surface area contributed by atoms with Crippen molar-refractivity contribution in [3.05, 3.63) is 110 Å². The summed E-state index contributed by atoms with van der Waals surface area (Å²) in [5, 5.41) is 54.2. The molecule has 0 radical (unpaired) electrons. The SMILES string of the molecule is Brc1nncs1.CC(C)(C)OC(=O)N1[C@H](CF)[C@@H](c2ccc(-c3nncs3)cc2)OC1(C)C.CC(C)(C)OC(=O)N1[C@H](CF)[C@@H](c2ccc(B(O)O)cc2)OC1(C)C.O=C(N[C@H](CF)[C@H](O)c1ccc(-c2nncs2)cc1)C(F)F. The van der Waals surface area contributed by atoms with Gasteiger partial charge in [-0.3, -0.25) is 14.6 Å². The third-order valence-corrected chi connectivity index (χ3v) is 14.2. The molecule has 2 aliphatic heterocycles. The lowest BCUT2D eigenvalue weighted by atomic mass is 9.80. The second-order valence-corrected chi connectivity index (χ2v) is 24.4. The monoisotopic (exact) mass is 1240 g/mol. The lowest BCUT2D eigenvalue weighted by Crippen LogP contribution is -2.50. The molecule has 0 saturated carbocycles. The molecule has 3 aromatic carbocycles. The van der Waals surface area contributed by atoms with E-state index in [1.807, 2.05) is 24.3 Å². The lowest BCUT2D eigenvalue weighted by Gasteiger charge is -2.34. The van der Waals surface area contributed by atoms with Crippen LogP contribution in [0.5, 0.6) is 0 Å². The van der Waals surface area contributed by atoms with Crippen LogP contribution in [0.4, 0.5) is 31.5 Å². The maximum Gasteiger partial charge on any atom is 0.488 e. The maximum atomic E-state index is 14.0. The van der Waals surface area contributed by atoms with Gasteiger partial charge in [0.2, 0.25) is 0 Å². The average molecular weight is 1240 g/mol. The summed E-state index contributed by atoms with van der Waals surface area (Å²) in [5.74, 6) is -1.62. The molecule has 434 valence electrons. The predicted molar refractivity (Wildman–Crippen MR) is 295 cm³/mol. The van der Waals surface area contributed by atoms with Gasteiger partial charge in [0.1, 0.15) is 87.5 Å². The van der Waals surface area contributed by atoms with Crippen molar-refractivity contribution in [1.82, 2.24) is 45.7 Å². The summed E-state index contributed by atoms with van der Waals surface area (Å²) in [5.41, 5.74) is 5.25. The number of alkyl halides is 5. The maximum absolute atomic E-state index is 14.0. The van der Waals surface area contributed by atoms with Gasteiger partial charge in [0, 0.05) is 11.1 Å². The van der Waals surface area contributed by atoms with Crippen LogP contribution >= 0.6 is 49.9 Å². The van der Waals surface area contributed by atoms with Crippen molar-refractivity contribution in [1.29, 1.82) is 0 Å². The van der Waals surface area contributed by atoms with E-state index < -0.39 is 111 Å². The molecule has 6 aromatic rings. The first-order chi connectivity index (χ1) is 37.5. The Kier molecular flexibility index (Phi) is 23.1. The van der Waals surface area contributed by atoms with Crippen molar-refractivity contribution in [2.24, 2.45) is 0 Å². The Hall–Kier alpha value is -5.66. The second kappa shape index (κ2) is 28.4. The first-order valence-corrected chi connectivity index (χ1v) is 27.9. The minimum absolute atomic E-state index is 0.297. The number of aliphatic hydroxyl groups excluding tert-OH is 1. The largest absolute Gasteiger partial charge is 0.488 e. The van der Waals surface area contributed by atoms with Crippen molar-refractivity contribution in [3.8, 4) is 21.1 Å². The molecular formula is C51H62BBrF5N9O10S3. The molecule has 80 heavy (non-hydrogen) atoms. The number of rotatable bonds is 12. The van der Waals surface area contributed by atoms with E-state index in [4.69, 9.17) is 18.9 Å². The van der Waals surface area contributed by atoms with E-state index in [1.165, 1.54) is 68.1 Å². The number of hydrogen-bond acceptors (Lipinski definition) is 19. The van der Waals surface area contributed by atoms with Crippen molar-refractivity contribution < 1.29 is 70.4 Å². The number of carbonyl (C=O) groups is 3. The first kappa shape index (κ1) is 65.2. The number of benzene rings is 3. The number of nitrogens with zero attached hydrogens (tertiary/aromatic N) is 8. The molecule has 2 fully saturated rings. The van der Waals surface area contributed by atoms with Crippen LogP contribution in [0.25, 0.3) is 21.1 Å². The smallest absolute Gasteiger partial charge is 0.444 e. The zero-order chi connectivity index (χ0) is 59.3. The third-order valence-electron chi connectivity index (χ3n) is 11.5. The van der Waals surface area contributed by atoms with Crippen molar-refractivity contribution in [3.63, 3.8) is 0 Å². The highest BCUT2D eigenvalue weighted by molar-refractivity contribution is 9.11. The molecule has 4 N–H and O–H groups in total. The highest BCUT2D eigenvalue weighted by Gasteiger charge is 2.53. The van der Waals surface area contributed by atoms with Crippen molar-refractivity contribution in [2.45, 2.75) is 135 Å². The van der Waals surface area contributed by atoms with Gasteiger partial charge in [-0.05, 0) is 107 Å². The van der Waals surface area contributed by atoms with E-state index in [2.05, 4.69) is 46.5 Å².